The molecule has 0 spiro atoms. The molecule has 0 saturated heterocycles. The first-order valence-corrected chi connectivity index (χ1v) is 17.4. The quantitative estimate of drug-likeness (QED) is 0.193. The Balaban J connectivity index is -0.000000216. The Kier molecular flexibility index (Phi) is 41.4. The minimum atomic E-state index is 0.738. The third-order valence-corrected chi connectivity index (χ3v) is 6.29. The van der Waals surface area contributed by atoms with Gasteiger partial charge in [0.05, 0.1) is 0 Å². The number of nitrogens with one attached hydrogen (secondary N) is 1. The highest BCUT2D eigenvalue weighted by atomic mass is 15.0. The Morgan fingerprint density at radius 3 is 1.36 bits per heavy atom. The SMILES string of the molecule is CC(C)CCCN(C)C.CC(C)CCN(C)C.CC(C)Cc1ccncc1.CCCCCC(C)C.CNCCC(C)C. The summed E-state index contributed by atoms with van der Waals surface area (Å²) in [6.07, 6.45) is 15.7. The van der Waals surface area contributed by atoms with Crippen LogP contribution in [0.1, 0.15) is 133 Å². The van der Waals surface area contributed by atoms with E-state index in [-0.39, 0.29) is 0 Å². The molecule has 0 aliphatic heterocycles. The monoisotopic (exact) mass is 595 g/mol. The summed E-state index contributed by atoms with van der Waals surface area (Å²) in [5.41, 5.74) is 1.38. The van der Waals surface area contributed by atoms with Crippen LogP contribution in [-0.2, 0) is 6.42 Å². The van der Waals surface area contributed by atoms with E-state index in [2.05, 4.69) is 137 Å². The van der Waals surface area contributed by atoms with Gasteiger partial charge >= 0.3 is 0 Å². The third kappa shape index (κ3) is 58.6. The van der Waals surface area contributed by atoms with Crippen LogP contribution in [0.3, 0.4) is 0 Å². The zero-order valence-corrected chi connectivity index (χ0v) is 32.0. The molecule has 0 fully saturated rings. The summed E-state index contributed by atoms with van der Waals surface area (Å²) in [6, 6.07) is 4.14. The summed E-state index contributed by atoms with van der Waals surface area (Å²) in [5, 5.41) is 3.10. The molecule has 0 aliphatic carbocycles. The molecule has 0 radical (unpaired) electrons. The van der Waals surface area contributed by atoms with Crippen molar-refractivity contribution in [3.8, 4) is 0 Å². The number of pyridine rings is 1. The average Bonchev–Trinajstić information content (AvgIpc) is 2.87. The lowest BCUT2D eigenvalue weighted by atomic mass is 10.0. The molecule has 0 aromatic carbocycles. The summed E-state index contributed by atoms with van der Waals surface area (Å²) in [5.74, 6) is 4.19. The van der Waals surface area contributed by atoms with Crippen LogP contribution in [0.25, 0.3) is 0 Å². The van der Waals surface area contributed by atoms with Crippen LogP contribution in [0.15, 0.2) is 24.5 Å². The molecular weight excluding hydrogens is 512 g/mol. The summed E-state index contributed by atoms with van der Waals surface area (Å²) in [4.78, 5) is 8.41. The predicted molar refractivity (Wildman–Crippen MR) is 196 cm³/mol. The van der Waals surface area contributed by atoms with Crippen molar-refractivity contribution in [1.82, 2.24) is 20.1 Å². The largest absolute Gasteiger partial charge is 0.320 e. The molecular formula is C38H82N4. The highest BCUT2D eigenvalue weighted by molar-refractivity contribution is 5.09. The van der Waals surface area contributed by atoms with E-state index >= 15 is 0 Å². The molecule has 0 saturated carbocycles. The van der Waals surface area contributed by atoms with Crippen LogP contribution in [0.5, 0.6) is 0 Å². The summed E-state index contributed by atoms with van der Waals surface area (Å²) in [6.45, 7) is 28.4. The molecule has 1 rings (SSSR count). The van der Waals surface area contributed by atoms with Crippen molar-refractivity contribution < 1.29 is 0 Å². The van der Waals surface area contributed by atoms with E-state index in [1.54, 1.807) is 0 Å². The minimum absolute atomic E-state index is 0.738. The van der Waals surface area contributed by atoms with Crippen molar-refractivity contribution in [1.29, 1.82) is 0 Å². The van der Waals surface area contributed by atoms with Crippen LogP contribution in [0.4, 0.5) is 0 Å². The lowest BCUT2D eigenvalue weighted by Gasteiger charge is -2.10. The number of unbranched alkanes of at least 4 members (excludes halogenated alkanes) is 2. The second-order valence-corrected chi connectivity index (χ2v) is 14.5. The van der Waals surface area contributed by atoms with Crippen molar-refractivity contribution in [3.63, 3.8) is 0 Å². The summed E-state index contributed by atoms with van der Waals surface area (Å²) in [7, 11) is 10.5. The zero-order valence-electron chi connectivity index (χ0n) is 32.0. The van der Waals surface area contributed by atoms with Crippen LogP contribution in [-0.4, -0.2) is 69.7 Å². The second kappa shape index (κ2) is 36.2. The van der Waals surface area contributed by atoms with Gasteiger partial charge in [0.25, 0.3) is 0 Å². The van der Waals surface area contributed by atoms with Crippen LogP contribution in [0, 0.1) is 29.6 Å². The standard InChI is InChI=1S/C9H13N.C8H19N.C8H18.C7H17N.C6H15N/c1-8(2)7-9-3-5-10-6-4-9;1-8(2)6-5-7-9(3)4;1-4-5-6-7-8(2)3;1-7(2)5-6-8(3)4;1-6(2)4-5-7-3/h3-6,8H,7H2,1-2H3;8H,5-7H2,1-4H3;8H,4-7H2,1-3H3;7H,5-6H2,1-4H3;6-7H,4-5H2,1-3H3. The van der Waals surface area contributed by atoms with Crippen LogP contribution in [0.2, 0.25) is 0 Å². The molecule has 1 aromatic rings. The van der Waals surface area contributed by atoms with Gasteiger partial charge in [-0.3, -0.25) is 4.98 Å². The lowest BCUT2D eigenvalue weighted by molar-refractivity contribution is 0.369. The van der Waals surface area contributed by atoms with Crippen molar-refractivity contribution >= 4 is 0 Å². The van der Waals surface area contributed by atoms with Crippen molar-refractivity contribution in [2.24, 2.45) is 29.6 Å². The summed E-state index contributed by atoms with van der Waals surface area (Å²) < 4.78 is 0. The van der Waals surface area contributed by atoms with Crippen LogP contribution < -0.4 is 5.32 Å². The molecule has 4 nitrogen and oxygen atoms in total. The topological polar surface area (TPSA) is 31.4 Å². The maximum absolute atomic E-state index is 3.95. The van der Waals surface area contributed by atoms with Gasteiger partial charge in [-0.1, -0.05) is 102 Å². The molecule has 1 aromatic heterocycles. The van der Waals surface area contributed by atoms with Gasteiger partial charge in [0.2, 0.25) is 0 Å². The fraction of sp³-hybridized carbons (Fsp3) is 0.868. The van der Waals surface area contributed by atoms with E-state index in [4.69, 9.17) is 0 Å². The molecule has 0 bridgehead atoms. The smallest absolute Gasteiger partial charge is 0.0270 e. The third-order valence-electron chi connectivity index (χ3n) is 6.29. The molecule has 0 unspecified atom stereocenters. The molecule has 4 heteroatoms. The Morgan fingerprint density at radius 1 is 0.595 bits per heavy atom. The highest BCUT2D eigenvalue weighted by Crippen LogP contribution is 2.07. The molecule has 42 heavy (non-hydrogen) atoms. The van der Waals surface area contributed by atoms with E-state index < -0.39 is 0 Å². The van der Waals surface area contributed by atoms with E-state index in [0.717, 1.165) is 42.6 Å². The maximum atomic E-state index is 3.95. The first kappa shape index (κ1) is 47.9. The number of nitrogens with zero attached hydrogens (tertiary/aromatic N) is 3. The van der Waals surface area contributed by atoms with E-state index in [1.165, 1.54) is 70.0 Å². The fourth-order valence-electron chi connectivity index (χ4n) is 3.56. The normalized spacial score (nSPS) is 10.7. The maximum Gasteiger partial charge on any atom is 0.0270 e. The fourth-order valence-corrected chi connectivity index (χ4v) is 3.56. The van der Waals surface area contributed by atoms with Crippen molar-refractivity contribution in [2.75, 3.05) is 54.9 Å². The van der Waals surface area contributed by atoms with Gasteiger partial charge in [0, 0.05) is 12.4 Å². The molecule has 0 amide bonds. The zero-order chi connectivity index (χ0) is 33.3. The first-order valence-electron chi connectivity index (χ1n) is 17.4. The molecule has 1 heterocycles. The van der Waals surface area contributed by atoms with Crippen LogP contribution >= 0.6 is 0 Å². The average molecular weight is 595 g/mol. The number of rotatable bonds is 16. The molecule has 0 aliphatic rings. The number of aromatic nitrogens is 1. The number of hydrogen-bond acceptors (Lipinski definition) is 4. The van der Waals surface area contributed by atoms with Gasteiger partial charge in [0.1, 0.15) is 0 Å². The first-order chi connectivity index (χ1) is 19.6. The minimum Gasteiger partial charge on any atom is -0.320 e. The Morgan fingerprint density at radius 2 is 1.05 bits per heavy atom. The molecule has 254 valence electrons. The van der Waals surface area contributed by atoms with Gasteiger partial charge in [0.15, 0.2) is 0 Å². The highest BCUT2D eigenvalue weighted by Gasteiger charge is 1.95. The second-order valence-electron chi connectivity index (χ2n) is 14.5. The van der Waals surface area contributed by atoms with Gasteiger partial charge in [-0.15, -0.1) is 0 Å². The summed E-state index contributed by atoms with van der Waals surface area (Å²) >= 11 is 0. The lowest BCUT2D eigenvalue weighted by Crippen LogP contribution is -2.14. The van der Waals surface area contributed by atoms with Crippen molar-refractivity contribution in [2.45, 2.75) is 134 Å². The van der Waals surface area contributed by atoms with Gasteiger partial charge in [-0.25, -0.2) is 0 Å². The Hall–Kier alpha value is -0.970. The van der Waals surface area contributed by atoms with Gasteiger partial charge in [-0.05, 0) is 134 Å². The van der Waals surface area contributed by atoms with E-state index in [1.807, 2.05) is 19.4 Å². The van der Waals surface area contributed by atoms with E-state index in [9.17, 15) is 0 Å². The molecule has 1 N–H and O–H groups in total. The van der Waals surface area contributed by atoms with Gasteiger partial charge in [-0.2, -0.15) is 0 Å². The van der Waals surface area contributed by atoms with Crippen molar-refractivity contribution in [3.05, 3.63) is 30.1 Å². The number of hydrogen-bond donors (Lipinski definition) is 1. The molecule has 0 atom stereocenters. The van der Waals surface area contributed by atoms with E-state index in [0.29, 0.717) is 0 Å². The Labute approximate surface area is 268 Å². The van der Waals surface area contributed by atoms with Gasteiger partial charge < -0.3 is 15.1 Å². The predicted octanol–water partition coefficient (Wildman–Crippen LogP) is 10.3. The Bertz CT molecular complexity index is 564.